The van der Waals surface area contributed by atoms with Gasteiger partial charge in [-0.2, -0.15) is 0 Å². The summed E-state index contributed by atoms with van der Waals surface area (Å²) in [6.07, 6.45) is 2.04. The molecular formula is C18H22ClN3O2. The van der Waals surface area contributed by atoms with E-state index in [0.29, 0.717) is 16.6 Å². The maximum absolute atomic E-state index is 12.6. The maximum Gasteiger partial charge on any atom is 0.292 e. The van der Waals surface area contributed by atoms with Crippen LogP contribution in [0.25, 0.3) is 11.3 Å². The lowest BCUT2D eigenvalue weighted by molar-refractivity contribution is 0.0648. The Morgan fingerprint density at radius 3 is 2.88 bits per heavy atom. The van der Waals surface area contributed by atoms with E-state index in [9.17, 15) is 4.79 Å². The first-order valence-corrected chi connectivity index (χ1v) is 8.78. The molecule has 3 rings (SSSR count). The summed E-state index contributed by atoms with van der Waals surface area (Å²) in [5.41, 5.74) is 1.47. The van der Waals surface area contributed by atoms with Crippen molar-refractivity contribution in [3.05, 3.63) is 41.1 Å². The minimum Gasteiger partial charge on any atom is -0.350 e. The number of benzene rings is 1. The minimum atomic E-state index is -0.0855. The maximum atomic E-state index is 12.6. The molecule has 0 unspecified atom stereocenters. The molecule has 0 atom stereocenters. The molecule has 1 aliphatic rings. The second kappa shape index (κ2) is 7.81. The highest BCUT2D eigenvalue weighted by Gasteiger charge is 2.26. The fourth-order valence-electron chi connectivity index (χ4n) is 3.00. The monoisotopic (exact) mass is 347 g/mol. The fraction of sp³-hybridized carbons (Fsp3) is 0.444. The van der Waals surface area contributed by atoms with Crippen LogP contribution >= 0.6 is 11.6 Å². The Balaban J connectivity index is 1.62. The van der Waals surface area contributed by atoms with Crippen LogP contribution in [0.2, 0.25) is 5.02 Å². The van der Waals surface area contributed by atoms with Crippen molar-refractivity contribution in [2.24, 2.45) is 5.92 Å². The Hall–Kier alpha value is -1.85. The van der Waals surface area contributed by atoms with Crippen LogP contribution in [0.1, 0.15) is 30.3 Å². The molecule has 0 spiro atoms. The Morgan fingerprint density at radius 1 is 1.38 bits per heavy atom. The van der Waals surface area contributed by atoms with Crippen LogP contribution < -0.4 is 5.32 Å². The Morgan fingerprint density at radius 2 is 2.17 bits per heavy atom. The van der Waals surface area contributed by atoms with Gasteiger partial charge >= 0.3 is 0 Å². The van der Waals surface area contributed by atoms with E-state index in [1.165, 1.54) is 0 Å². The number of amides is 1. The van der Waals surface area contributed by atoms with Gasteiger partial charge in [-0.1, -0.05) is 35.8 Å². The van der Waals surface area contributed by atoms with E-state index in [0.717, 1.165) is 44.6 Å². The van der Waals surface area contributed by atoms with Gasteiger partial charge < -0.3 is 14.7 Å². The summed E-state index contributed by atoms with van der Waals surface area (Å²) in [7, 11) is 0. The molecule has 0 radical (unpaired) electrons. The Kier molecular flexibility index (Phi) is 5.53. The molecule has 2 aromatic rings. The normalized spacial score (nSPS) is 15.7. The molecule has 1 saturated heterocycles. The third-order valence-corrected chi connectivity index (χ3v) is 4.66. The summed E-state index contributed by atoms with van der Waals surface area (Å²) < 4.78 is 5.27. The molecule has 0 aliphatic carbocycles. The Bertz CT molecular complexity index is 693. The number of rotatable bonds is 5. The van der Waals surface area contributed by atoms with E-state index in [1.807, 2.05) is 17.0 Å². The highest BCUT2D eigenvalue weighted by atomic mass is 35.5. The van der Waals surface area contributed by atoms with Gasteiger partial charge in [-0.25, -0.2) is 0 Å². The first-order valence-electron chi connectivity index (χ1n) is 8.40. The predicted molar refractivity (Wildman–Crippen MR) is 94.1 cm³/mol. The van der Waals surface area contributed by atoms with Gasteiger partial charge in [0.25, 0.3) is 5.91 Å². The second-order valence-electron chi connectivity index (χ2n) is 6.13. The van der Waals surface area contributed by atoms with Crippen molar-refractivity contribution in [1.29, 1.82) is 0 Å². The third kappa shape index (κ3) is 3.97. The van der Waals surface area contributed by atoms with Crippen molar-refractivity contribution in [2.45, 2.75) is 19.8 Å². The molecule has 2 heterocycles. The van der Waals surface area contributed by atoms with Gasteiger partial charge in [-0.15, -0.1) is 0 Å². The molecule has 1 amide bonds. The van der Waals surface area contributed by atoms with Gasteiger partial charge in [-0.05, 0) is 44.0 Å². The summed E-state index contributed by atoms with van der Waals surface area (Å²) in [5, 5.41) is 8.02. The number of carbonyl (C=O) groups is 1. The molecular weight excluding hydrogens is 326 g/mol. The van der Waals surface area contributed by atoms with Gasteiger partial charge in [-0.3, -0.25) is 4.79 Å². The molecule has 1 aliphatic heterocycles. The number of nitrogens with zero attached hydrogens (tertiary/aromatic N) is 2. The first-order chi connectivity index (χ1) is 11.7. The smallest absolute Gasteiger partial charge is 0.292 e. The van der Waals surface area contributed by atoms with E-state index in [4.69, 9.17) is 16.1 Å². The van der Waals surface area contributed by atoms with Crippen LogP contribution in [0.3, 0.4) is 0 Å². The molecule has 6 heteroatoms. The van der Waals surface area contributed by atoms with Crippen LogP contribution in [0.4, 0.5) is 0 Å². The molecule has 1 aromatic carbocycles. The van der Waals surface area contributed by atoms with Crippen LogP contribution in [-0.4, -0.2) is 42.1 Å². The summed E-state index contributed by atoms with van der Waals surface area (Å²) in [4.78, 5) is 14.4. The lowest BCUT2D eigenvalue weighted by Gasteiger charge is -2.31. The van der Waals surface area contributed by atoms with Crippen LogP contribution in [-0.2, 0) is 0 Å². The summed E-state index contributed by atoms with van der Waals surface area (Å²) in [6.45, 7) is 5.66. The lowest BCUT2D eigenvalue weighted by Crippen LogP contribution is -2.40. The van der Waals surface area contributed by atoms with Gasteiger partial charge in [0.05, 0.1) is 0 Å². The molecule has 1 fully saturated rings. The van der Waals surface area contributed by atoms with Crippen molar-refractivity contribution in [3.8, 4) is 11.3 Å². The van der Waals surface area contributed by atoms with Crippen LogP contribution in [0.5, 0.6) is 0 Å². The van der Waals surface area contributed by atoms with Gasteiger partial charge in [0.15, 0.2) is 0 Å². The number of piperidine rings is 1. The van der Waals surface area contributed by atoms with E-state index in [-0.39, 0.29) is 11.7 Å². The number of hydrogen-bond acceptors (Lipinski definition) is 4. The highest BCUT2D eigenvalue weighted by Crippen LogP contribution is 2.24. The highest BCUT2D eigenvalue weighted by molar-refractivity contribution is 6.30. The number of aromatic nitrogens is 1. The predicted octanol–water partition coefficient (Wildman–Crippen LogP) is 3.46. The topological polar surface area (TPSA) is 58.4 Å². The standard InChI is InChI=1S/C18H22ClN3O2/c1-2-20-12-13-6-8-22(9-7-13)18(23)17-11-16(21-24-17)14-4-3-5-15(19)10-14/h3-5,10-11,13,20H,2,6-9,12H2,1H3. The van der Waals surface area contributed by atoms with Crippen LogP contribution in [0.15, 0.2) is 34.9 Å². The van der Waals surface area contributed by atoms with Gasteiger partial charge in [0.1, 0.15) is 5.69 Å². The minimum absolute atomic E-state index is 0.0855. The number of halogens is 1. The average Bonchev–Trinajstić information content (AvgIpc) is 3.10. The van der Waals surface area contributed by atoms with Gasteiger partial charge in [0.2, 0.25) is 5.76 Å². The molecule has 1 aromatic heterocycles. The Labute approximate surface area is 147 Å². The molecule has 0 saturated carbocycles. The molecule has 128 valence electrons. The molecule has 5 nitrogen and oxygen atoms in total. The number of hydrogen-bond donors (Lipinski definition) is 1. The van der Waals surface area contributed by atoms with Crippen molar-refractivity contribution >= 4 is 17.5 Å². The van der Waals surface area contributed by atoms with Crippen molar-refractivity contribution < 1.29 is 9.32 Å². The first kappa shape index (κ1) is 17.0. The zero-order chi connectivity index (χ0) is 16.9. The average molecular weight is 348 g/mol. The quantitative estimate of drug-likeness (QED) is 0.899. The van der Waals surface area contributed by atoms with E-state index >= 15 is 0 Å². The number of likely N-dealkylation sites (tertiary alicyclic amines) is 1. The zero-order valence-electron chi connectivity index (χ0n) is 13.8. The second-order valence-corrected chi connectivity index (χ2v) is 6.57. The number of nitrogens with one attached hydrogen (secondary N) is 1. The van der Waals surface area contributed by atoms with E-state index < -0.39 is 0 Å². The van der Waals surface area contributed by atoms with E-state index in [1.54, 1.807) is 18.2 Å². The fourth-order valence-corrected chi connectivity index (χ4v) is 3.19. The third-order valence-electron chi connectivity index (χ3n) is 4.43. The summed E-state index contributed by atoms with van der Waals surface area (Å²) in [5.74, 6) is 0.846. The van der Waals surface area contributed by atoms with Gasteiger partial charge in [0, 0.05) is 29.7 Å². The van der Waals surface area contributed by atoms with Crippen molar-refractivity contribution in [2.75, 3.05) is 26.2 Å². The number of carbonyl (C=O) groups excluding carboxylic acids is 1. The zero-order valence-corrected chi connectivity index (χ0v) is 14.6. The lowest BCUT2D eigenvalue weighted by atomic mass is 9.96. The molecule has 1 N–H and O–H groups in total. The summed E-state index contributed by atoms with van der Waals surface area (Å²) >= 11 is 6.00. The molecule has 24 heavy (non-hydrogen) atoms. The largest absolute Gasteiger partial charge is 0.350 e. The van der Waals surface area contributed by atoms with Crippen molar-refractivity contribution in [3.63, 3.8) is 0 Å². The SMILES string of the molecule is CCNCC1CCN(C(=O)c2cc(-c3cccc(Cl)c3)no2)CC1. The summed E-state index contributed by atoms with van der Waals surface area (Å²) in [6, 6.07) is 9.04. The van der Waals surface area contributed by atoms with Crippen molar-refractivity contribution in [1.82, 2.24) is 15.4 Å². The van der Waals surface area contributed by atoms with E-state index in [2.05, 4.69) is 17.4 Å². The molecule has 0 bridgehead atoms. The van der Waals surface area contributed by atoms with Crippen LogP contribution in [0, 0.1) is 5.92 Å².